The molecule has 0 fully saturated rings. The molecule has 0 aliphatic heterocycles. The lowest BCUT2D eigenvalue weighted by Gasteiger charge is -2.18. The number of hydrogen-bond acceptors (Lipinski definition) is 4. The number of hydrogen-bond donors (Lipinski definition) is 1. The van der Waals surface area contributed by atoms with Gasteiger partial charge in [0, 0.05) is 55.6 Å². The number of thiophene rings is 2. The van der Waals surface area contributed by atoms with E-state index in [9.17, 15) is 5.02 Å². The van der Waals surface area contributed by atoms with Gasteiger partial charge in [-0.3, -0.25) is 0 Å². The first-order valence-electron chi connectivity index (χ1n) is 34.3. The zero-order valence-electron chi connectivity index (χ0n) is 55.3. The lowest BCUT2D eigenvalue weighted by atomic mass is 9.85. The molecule has 18 aromatic carbocycles. The first-order valence-corrected chi connectivity index (χ1v) is 36.7. The van der Waals surface area contributed by atoms with Crippen LogP contribution in [0.2, 0.25) is 0 Å². The molecule has 2 nitrogen and oxygen atoms in total. The van der Waals surface area contributed by atoms with Crippen LogP contribution in [-0.2, 0) is 0 Å². The average molecular weight is 1400 g/mol. The van der Waals surface area contributed by atoms with Crippen molar-refractivity contribution in [1.82, 2.24) is 0 Å². The van der Waals surface area contributed by atoms with Crippen LogP contribution in [0.25, 0.3) is 183 Å². The third-order valence-corrected chi connectivity index (χ3v) is 22.9. The fourth-order valence-electron chi connectivity index (χ4n) is 15.2. The van der Waals surface area contributed by atoms with Crippen molar-refractivity contribution in [3.63, 3.8) is 0 Å². The molecule has 0 saturated carbocycles. The first-order chi connectivity index (χ1) is 50.5. The summed E-state index contributed by atoms with van der Waals surface area (Å²) in [7, 11) is 0.758. The van der Waals surface area contributed by atoms with Gasteiger partial charge in [-0.25, -0.2) is 0 Å². The maximum atomic E-state index is 9.42. The third-order valence-electron chi connectivity index (χ3n) is 19.9. The Bertz CT molecular complexity index is 6500. The lowest BCUT2D eigenvalue weighted by molar-refractivity contribution is 0.459. The average Bonchev–Trinajstić information content (AvgIpc) is 1.04. The second kappa shape index (κ2) is 27.1. The summed E-state index contributed by atoms with van der Waals surface area (Å²) in [5, 5.41) is 29.0. The highest BCUT2D eigenvalue weighted by Crippen LogP contribution is 2.48. The minimum absolute atomic E-state index is 0.665. The monoisotopic (exact) mass is 1400 g/mol. The maximum Gasteiger partial charge on any atom is 0.569 e. The van der Waals surface area contributed by atoms with Crippen LogP contribution in [0, 0.1) is 0 Å². The van der Waals surface area contributed by atoms with Crippen LogP contribution in [0.1, 0.15) is 0 Å². The van der Waals surface area contributed by atoms with Gasteiger partial charge in [-0.05, 0) is 180 Å². The Hall–Kier alpha value is -11.7. The van der Waals surface area contributed by atoms with Crippen LogP contribution < -0.4 is 4.65 Å². The fraction of sp³-hybridized carbons (Fsp3) is 0. The zero-order chi connectivity index (χ0) is 68.0. The molecule has 0 atom stereocenters. The largest absolute Gasteiger partial charge is 0.569 e. The van der Waals surface area contributed by atoms with E-state index in [0.29, 0.717) is 5.75 Å². The van der Waals surface area contributed by atoms with Crippen molar-refractivity contribution < 1.29 is 9.68 Å². The van der Waals surface area contributed by atoms with Gasteiger partial charge in [-0.2, -0.15) is 0 Å². The molecule has 20 aromatic rings. The highest BCUT2D eigenvalue weighted by molar-refractivity contribution is 9.10. The van der Waals surface area contributed by atoms with Crippen LogP contribution in [0.5, 0.6) is 5.75 Å². The van der Waals surface area contributed by atoms with Gasteiger partial charge in [0.25, 0.3) is 0 Å². The van der Waals surface area contributed by atoms with Gasteiger partial charge < -0.3 is 9.68 Å². The smallest absolute Gasteiger partial charge is 0.537 e. The van der Waals surface area contributed by atoms with E-state index >= 15 is 0 Å². The van der Waals surface area contributed by atoms with E-state index in [1.807, 2.05) is 59.1 Å². The first kappa shape index (κ1) is 62.5. The molecular weight excluding hydrogens is 1340 g/mol. The van der Waals surface area contributed by atoms with Crippen molar-refractivity contribution in [3.05, 3.63) is 368 Å². The van der Waals surface area contributed by atoms with E-state index < -0.39 is 0 Å². The van der Waals surface area contributed by atoms with Gasteiger partial charge >= 0.3 is 7.69 Å². The Morgan fingerprint density at radius 1 is 0.235 bits per heavy atom. The predicted octanol–water partition coefficient (Wildman–Crippen LogP) is 28.1. The van der Waals surface area contributed by atoms with Gasteiger partial charge in [-0.1, -0.05) is 331 Å². The maximum absolute atomic E-state index is 9.42. The summed E-state index contributed by atoms with van der Waals surface area (Å²) >= 11 is 7.26. The Labute approximate surface area is 608 Å². The third kappa shape index (κ3) is 11.5. The van der Waals surface area contributed by atoms with Gasteiger partial charge in [0.15, 0.2) is 0 Å². The van der Waals surface area contributed by atoms with E-state index in [2.05, 4.69) is 344 Å². The molecule has 102 heavy (non-hydrogen) atoms. The second-order valence-electron chi connectivity index (χ2n) is 25.8. The number of rotatable bonds is 9. The molecule has 0 aliphatic rings. The normalized spacial score (nSPS) is 11.4. The molecule has 0 amide bonds. The van der Waals surface area contributed by atoms with Gasteiger partial charge in [-0.15, -0.1) is 22.7 Å². The molecule has 0 saturated heterocycles. The van der Waals surface area contributed by atoms with E-state index in [-0.39, 0.29) is 0 Å². The Kier molecular flexibility index (Phi) is 16.6. The Morgan fingerprint density at radius 3 is 0.971 bits per heavy atom. The van der Waals surface area contributed by atoms with Crippen LogP contribution in [0.4, 0.5) is 0 Å². The molecule has 2 heterocycles. The standard InChI is InChI=1S/C48H30S.C30H20BO2.C18H11BrS/c1-2-12-34-29-36(28-23-31(34)11-1)35-13-9-14-37(30-35)47-42-18-5-3-16-40(42)46(41-17-4-6-19-43(41)47)33-26-24-32(25-27-33)38-20-10-21-44-39-15-7-8-22-45(39)49-48(38)44;32-31-33-30-27-14-5-3-12-25(27)29(26-13-4-6-15-28(26)30)24-11-7-10-22(19-24)23-17-16-20-8-1-2-9-21(20)18-23;19-13-10-8-12(9-11-13)14-5-3-6-16-15-4-1-2-7-17(15)20-18(14)16/h1-30H;1-19,32H;1-11H. The SMILES string of the molecule is Brc1ccc(-c2cccc3c2sc2ccccc23)cc1.O[B]Oc1c2ccccc2c(-c2cccc(-c3ccc4ccccc4c3)c2)c2ccccc12.c1cc(-c2ccc3ccccc3c2)cc(-c2c3ccccc3c(-c3ccc(-c4cccc5c4sc4ccccc45)cc3)c3ccccc23)c1. The van der Waals surface area contributed by atoms with E-state index in [4.69, 9.17) is 4.65 Å². The van der Waals surface area contributed by atoms with Crippen molar-refractivity contribution in [1.29, 1.82) is 0 Å². The molecule has 1 N–H and O–H groups in total. The molecule has 479 valence electrons. The molecule has 0 aliphatic carbocycles. The van der Waals surface area contributed by atoms with Crippen molar-refractivity contribution in [3.8, 4) is 83.6 Å². The van der Waals surface area contributed by atoms with Crippen LogP contribution in [0.3, 0.4) is 0 Å². The van der Waals surface area contributed by atoms with E-state index in [1.54, 1.807) is 0 Å². The summed E-state index contributed by atoms with van der Waals surface area (Å²) in [5.41, 5.74) is 17.3. The van der Waals surface area contributed by atoms with Crippen LogP contribution in [0.15, 0.2) is 368 Å². The molecule has 20 rings (SSSR count). The molecule has 6 heteroatoms. The summed E-state index contributed by atoms with van der Waals surface area (Å²) in [6.07, 6.45) is 0. The number of benzene rings is 18. The highest BCUT2D eigenvalue weighted by atomic mass is 79.9. The van der Waals surface area contributed by atoms with E-state index in [0.717, 1.165) is 44.8 Å². The van der Waals surface area contributed by atoms with Gasteiger partial charge in [0.2, 0.25) is 0 Å². The second-order valence-corrected chi connectivity index (χ2v) is 28.8. The van der Waals surface area contributed by atoms with Crippen molar-refractivity contribution >= 4 is 151 Å². The molecular formula is C96H61BBrO2S2. The van der Waals surface area contributed by atoms with Crippen molar-refractivity contribution in [2.45, 2.75) is 0 Å². The molecule has 0 unspecified atom stereocenters. The van der Waals surface area contributed by atoms with E-state index in [1.165, 1.54) is 150 Å². The van der Waals surface area contributed by atoms with Gasteiger partial charge in [0.05, 0.1) is 0 Å². The van der Waals surface area contributed by atoms with Gasteiger partial charge in [0.1, 0.15) is 5.75 Å². The summed E-state index contributed by atoms with van der Waals surface area (Å²) < 4.78 is 12.1. The Balaban J connectivity index is 0.000000121. The summed E-state index contributed by atoms with van der Waals surface area (Å²) in [4.78, 5) is 0. The summed E-state index contributed by atoms with van der Waals surface area (Å²) in [6, 6.07) is 131. The zero-order valence-corrected chi connectivity index (χ0v) is 58.5. The number of fused-ring (bicyclic) bond motifs is 12. The molecule has 1 radical (unpaired) electrons. The summed E-state index contributed by atoms with van der Waals surface area (Å²) in [6.45, 7) is 0. The molecule has 2 aromatic heterocycles. The Morgan fingerprint density at radius 2 is 0.539 bits per heavy atom. The minimum Gasteiger partial charge on any atom is -0.537 e. The number of halogens is 1. The van der Waals surface area contributed by atoms with Crippen LogP contribution in [-0.4, -0.2) is 12.7 Å². The predicted molar refractivity (Wildman–Crippen MR) is 444 cm³/mol. The minimum atomic E-state index is 0.665. The quantitative estimate of drug-likeness (QED) is 0.115. The van der Waals surface area contributed by atoms with Crippen molar-refractivity contribution in [2.75, 3.05) is 0 Å². The van der Waals surface area contributed by atoms with Crippen molar-refractivity contribution in [2.24, 2.45) is 0 Å². The molecule has 0 bridgehead atoms. The van der Waals surface area contributed by atoms with Crippen LogP contribution >= 0.6 is 38.6 Å². The topological polar surface area (TPSA) is 29.5 Å². The summed E-state index contributed by atoms with van der Waals surface area (Å²) in [5.74, 6) is 0.665. The highest BCUT2D eigenvalue weighted by Gasteiger charge is 2.21. The lowest BCUT2D eigenvalue weighted by Crippen LogP contribution is -2.02. The fourth-order valence-corrected chi connectivity index (χ4v) is 17.9. The molecule has 0 spiro atoms.